The van der Waals surface area contributed by atoms with Gasteiger partial charge in [0.25, 0.3) is 5.91 Å². The summed E-state index contributed by atoms with van der Waals surface area (Å²) >= 11 is 1.95. The van der Waals surface area contributed by atoms with E-state index in [0.29, 0.717) is 22.5 Å². The second-order valence-corrected chi connectivity index (χ2v) is 6.14. The maximum Gasteiger partial charge on any atom is 0.251 e. The first kappa shape index (κ1) is 16.2. The summed E-state index contributed by atoms with van der Waals surface area (Å²) in [6.07, 6.45) is 3.52. The van der Waals surface area contributed by atoms with Gasteiger partial charge in [-0.05, 0) is 42.9 Å². The lowest BCUT2D eigenvalue weighted by Gasteiger charge is -2.20. The Labute approximate surface area is 125 Å². The smallest absolute Gasteiger partial charge is 0.251 e. The van der Waals surface area contributed by atoms with Crippen molar-refractivity contribution in [1.82, 2.24) is 5.32 Å². The largest absolute Gasteiger partial charge is 0.399 e. The fraction of sp³-hybridized carbons (Fsp3) is 0.500. The zero-order chi connectivity index (χ0) is 13.0. The Kier molecular flexibility index (Phi) is 6.52. The molecule has 0 radical (unpaired) electrons. The average molecular weight is 301 g/mol. The van der Waals surface area contributed by atoms with Crippen molar-refractivity contribution in [3.05, 3.63) is 29.8 Å². The highest BCUT2D eigenvalue weighted by Gasteiger charge is 2.28. The van der Waals surface area contributed by atoms with E-state index in [0.717, 1.165) is 12.2 Å². The van der Waals surface area contributed by atoms with Gasteiger partial charge in [0, 0.05) is 22.5 Å². The summed E-state index contributed by atoms with van der Waals surface area (Å²) in [5, 5.41) is 3.73. The van der Waals surface area contributed by atoms with Gasteiger partial charge in [-0.25, -0.2) is 0 Å². The van der Waals surface area contributed by atoms with Gasteiger partial charge in [-0.1, -0.05) is 13.3 Å². The summed E-state index contributed by atoms with van der Waals surface area (Å²) in [4.78, 5) is 12.1. The van der Waals surface area contributed by atoms with E-state index < -0.39 is 0 Å². The van der Waals surface area contributed by atoms with Crippen LogP contribution in [0.1, 0.15) is 36.5 Å². The molecule has 1 saturated carbocycles. The highest BCUT2D eigenvalue weighted by atomic mass is 35.5. The number of nitrogens with one attached hydrogen (secondary N) is 1. The predicted octanol–water partition coefficient (Wildman–Crippen LogP) is 3.09. The average Bonchev–Trinajstić information content (AvgIpc) is 2.78. The Morgan fingerprint density at radius 1 is 1.37 bits per heavy atom. The summed E-state index contributed by atoms with van der Waals surface area (Å²) < 4.78 is 0. The Balaban J connectivity index is 0.00000180. The Bertz CT molecular complexity index is 410. The first-order chi connectivity index (χ1) is 8.70. The van der Waals surface area contributed by atoms with Gasteiger partial charge in [0.15, 0.2) is 0 Å². The van der Waals surface area contributed by atoms with Gasteiger partial charge in [-0.3, -0.25) is 4.79 Å². The molecule has 2 atom stereocenters. The van der Waals surface area contributed by atoms with Crippen LogP contribution in [0.4, 0.5) is 5.69 Å². The summed E-state index contributed by atoms with van der Waals surface area (Å²) in [5.74, 6) is 1.13. The standard InChI is InChI=1S/C14H20N2OS.ClH/c1-2-18-13-5-3-4-12(13)16-14(17)10-6-8-11(15)9-7-10;/h6-9,12-13H,2-5,15H2,1H3,(H,16,17);1H. The van der Waals surface area contributed by atoms with E-state index >= 15 is 0 Å². The highest BCUT2D eigenvalue weighted by molar-refractivity contribution is 7.99. The fourth-order valence-electron chi connectivity index (χ4n) is 2.39. The number of amides is 1. The second kappa shape index (κ2) is 7.65. The van der Waals surface area contributed by atoms with Crippen LogP contribution in [0.3, 0.4) is 0 Å². The van der Waals surface area contributed by atoms with Crippen LogP contribution in [0, 0.1) is 0 Å². The molecule has 0 bridgehead atoms. The number of nitrogen functional groups attached to an aromatic ring is 1. The third-order valence-corrected chi connectivity index (χ3v) is 4.65. The van der Waals surface area contributed by atoms with Gasteiger partial charge in [0.05, 0.1) is 0 Å². The van der Waals surface area contributed by atoms with E-state index in [2.05, 4.69) is 12.2 Å². The van der Waals surface area contributed by atoms with E-state index in [1.807, 2.05) is 11.8 Å². The van der Waals surface area contributed by atoms with Crippen LogP contribution < -0.4 is 11.1 Å². The van der Waals surface area contributed by atoms with Crippen LogP contribution in [-0.4, -0.2) is 23.0 Å². The Morgan fingerprint density at radius 2 is 2.05 bits per heavy atom. The monoisotopic (exact) mass is 300 g/mol. The molecule has 5 heteroatoms. The van der Waals surface area contributed by atoms with Gasteiger partial charge in [-0.15, -0.1) is 12.4 Å². The topological polar surface area (TPSA) is 55.1 Å². The molecule has 2 unspecified atom stereocenters. The molecule has 1 aliphatic rings. The highest BCUT2D eigenvalue weighted by Crippen LogP contribution is 2.30. The van der Waals surface area contributed by atoms with Crippen molar-refractivity contribution in [2.24, 2.45) is 0 Å². The maximum absolute atomic E-state index is 12.1. The van der Waals surface area contributed by atoms with Crippen LogP contribution in [0.5, 0.6) is 0 Å². The molecule has 1 aromatic rings. The number of anilines is 1. The number of carbonyl (C=O) groups excluding carboxylic acids is 1. The molecule has 0 heterocycles. The summed E-state index contributed by atoms with van der Waals surface area (Å²) in [6, 6.07) is 7.41. The van der Waals surface area contributed by atoms with Crippen LogP contribution in [0.15, 0.2) is 24.3 Å². The first-order valence-corrected chi connectivity index (χ1v) is 7.53. The van der Waals surface area contributed by atoms with Crippen LogP contribution in [-0.2, 0) is 0 Å². The molecular weight excluding hydrogens is 280 g/mol. The van der Waals surface area contributed by atoms with E-state index in [1.165, 1.54) is 12.8 Å². The van der Waals surface area contributed by atoms with Gasteiger partial charge < -0.3 is 11.1 Å². The number of benzene rings is 1. The number of rotatable bonds is 4. The van der Waals surface area contributed by atoms with Gasteiger partial charge in [-0.2, -0.15) is 11.8 Å². The van der Waals surface area contributed by atoms with Crippen molar-refractivity contribution in [2.45, 2.75) is 37.5 Å². The molecule has 2 rings (SSSR count). The molecule has 0 aliphatic heterocycles. The third-order valence-electron chi connectivity index (χ3n) is 3.32. The van der Waals surface area contributed by atoms with Crippen LogP contribution >= 0.6 is 24.2 Å². The van der Waals surface area contributed by atoms with Crippen molar-refractivity contribution in [1.29, 1.82) is 0 Å². The van der Waals surface area contributed by atoms with Crippen molar-refractivity contribution in [3.8, 4) is 0 Å². The molecule has 19 heavy (non-hydrogen) atoms. The van der Waals surface area contributed by atoms with Crippen LogP contribution in [0.25, 0.3) is 0 Å². The van der Waals surface area contributed by atoms with Gasteiger partial charge >= 0.3 is 0 Å². The number of hydrogen-bond acceptors (Lipinski definition) is 3. The first-order valence-electron chi connectivity index (χ1n) is 6.48. The summed E-state index contributed by atoms with van der Waals surface area (Å²) in [6.45, 7) is 2.17. The summed E-state index contributed by atoms with van der Waals surface area (Å²) in [7, 11) is 0. The van der Waals surface area contributed by atoms with E-state index in [-0.39, 0.29) is 18.3 Å². The predicted molar refractivity (Wildman–Crippen MR) is 85.1 cm³/mol. The molecule has 1 aromatic carbocycles. The lowest BCUT2D eigenvalue weighted by Crippen LogP contribution is -2.38. The van der Waals surface area contributed by atoms with Crippen molar-refractivity contribution in [3.63, 3.8) is 0 Å². The summed E-state index contributed by atoms with van der Waals surface area (Å²) in [5.41, 5.74) is 6.99. The molecule has 106 valence electrons. The van der Waals surface area contributed by atoms with E-state index in [4.69, 9.17) is 5.73 Å². The molecular formula is C14H21ClN2OS. The van der Waals surface area contributed by atoms with Gasteiger partial charge in [0.1, 0.15) is 0 Å². The molecule has 3 nitrogen and oxygen atoms in total. The minimum absolute atomic E-state index is 0. The molecule has 0 aromatic heterocycles. The maximum atomic E-state index is 12.1. The molecule has 3 N–H and O–H groups in total. The van der Waals surface area contributed by atoms with Crippen molar-refractivity contribution in [2.75, 3.05) is 11.5 Å². The number of nitrogens with two attached hydrogens (primary N) is 1. The molecule has 1 amide bonds. The fourth-order valence-corrected chi connectivity index (χ4v) is 3.59. The number of hydrogen-bond donors (Lipinski definition) is 2. The molecule has 0 saturated heterocycles. The zero-order valence-corrected chi connectivity index (χ0v) is 12.7. The number of carbonyl (C=O) groups is 1. The minimum Gasteiger partial charge on any atom is -0.399 e. The normalized spacial score (nSPS) is 21.7. The number of halogens is 1. The second-order valence-electron chi connectivity index (χ2n) is 4.63. The van der Waals surface area contributed by atoms with E-state index in [9.17, 15) is 4.79 Å². The lowest BCUT2D eigenvalue weighted by molar-refractivity contribution is 0.0938. The van der Waals surface area contributed by atoms with Crippen molar-refractivity contribution < 1.29 is 4.79 Å². The van der Waals surface area contributed by atoms with Gasteiger partial charge in [0.2, 0.25) is 0 Å². The Morgan fingerprint density at radius 3 is 2.68 bits per heavy atom. The third kappa shape index (κ3) is 4.32. The molecule has 1 fully saturated rings. The number of thioether (sulfide) groups is 1. The lowest BCUT2D eigenvalue weighted by atomic mass is 10.1. The minimum atomic E-state index is 0. The Hall–Kier alpha value is -0.870. The molecule has 1 aliphatic carbocycles. The SMILES string of the molecule is CCSC1CCCC1NC(=O)c1ccc(N)cc1.Cl. The molecule has 0 spiro atoms. The van der Waals surface area contributed by atoms with Crippen molar-refractivity contribution >= 4 is 35.8 Å². The quantitative estimate of drug-likeness (QED) is 0.840. The van der Waals surface area contributed by atoms with E-state index in [1.54, 1.807) is 24.3 Å². The zero-order valence-electron chi connectivity index (χ0n) is 11.1. The van der Waals surface area contributed by atoms with Crippen LogP contribution in [0.2, 0.25) is 0 Å².